The minimum Gasteiger partial charge on any atom is -0.497 e. The molecule has 8 nitrogen and oxygen atoms in total. The van der Waals surface area contributed by atoms with Gasteiger partial charge in [-0.05, 0) is 24.3 Å². The summed E-state index contributed by atoms with van der Waals surface area (Å²) in [4.78, 5) is 23.9. The van der Waals surface area contributed by atoms with E-state index in [0.29, 0.717) is 50.5 Å². The van der Waals surface area contributed by atoms with Crippen LogP contribution in [0.4, 0.5) is 0 Å². The average Bonchev–Trinajstić information content (AvgIpc) is 3.41. The molecule has 2 fully saturated rings. The van der Waals surface area contributed by atoms with Gasteiger partial charge in [-0.2, -0.15) is 0 Å². The molecule has 0 unspecified atom stereocenters. The number of imidazole rings is 1. The van der Waals surface area contributed by atoms with Gasteiger partial charge in [0.2, 0.25) is 0 Å². The summed E-state index contributed by atoms with van der Waals surface area (Å²) in [5.74, 6) is 0.196. The Morgan fingerprint density at radius 2 is 1.86 bits per heavy atom. The number of ether oxygens (including phenoxy) is 3. The Morgan fingerprint density at radius 3 is 2.55 bits per heavy atom. The highest BCUT2D eigenvalue weighted by Crippen LogP contribution is 2.32. The van der Waals surface area contributed by atoms with Gasteiger partial charge in [0.1, 0.15) is 17.1 Å². The zero-order valence-electron chi connectivity index (χ0n) is 16.2. The van der Waals surface area contributed by atoms with E-state index < -0.39 is 5.79 Å². The minimum atomic E-state index is -0.499. The lowest BCUT2D eigenvalue weighted by atomic mass is 10.0. The van der Waals surface area contributed by atoms with Crippen LogP contribution in [0, 0.1) is 0 Å². The number of fused-ring (bicyclic) bond motifs is 1. The first-order chi connectivity index (χ1) is 14.2. The molecule has 0 N–H and O–H groups in total. The molecule has 0 radical (unpaired) electrons. The maximum absolute atomic E-state index is 13.0. The third kappa shape index (κ3) is 3.24. The van der Waals surface area contributed by atoms with Crippen LogP contribution < -0.4 is 4.74 Å². The number of hydrogen-bond acceptors (Lipinski definition) is 6. The summed E-state index contributed by atoms with van der Waals surface area (Å²) in [6.07, 6.45) is 6.65. The number of nitrogens with zero attached hydrogens (tertiary/aromatic N) is 4. The first kappa shape index (κ1) is 18.1. The molecule has 29 heavy (non-hydrogen) atoms. The van der Waals surface area contributed by atoms with Crippen LogP contribution in [0.5, 0.6) is 5.75 Å². The van der Waals surface area contributed by atoms with Gasteiger partial charge in [0.05, 0.1) is 20.3 Å². The van der Waals surface area contributed by atoms with Crippen LogP contribution in [0.25, 0.3) is 16.9 Å². The summed E-state index contributed by atoms with van der Waals surface area (Å²) >= 11 is 0. The Kier molecular flexibility index (Phi) is 4.44. The van der Waals surface area contributed by atoms with Crippen LogP contribution in [-0.2, 0) is 9.47 Å². The van der Waals surface area contributed by atoms with Crippen molar-refractivity contribution < 1.29 is 19.0 Å². The summed E-state index contributed by atoms with van der Waals surface area (Å²) < 4.78 is 18.6. The number of rotatable bonds is 3. The number of likely N-dealkylation sites (tertiary alicyclic amines) is 1. The van der Waals surface area contributed by atoms with E-state index in [1.54, 1.807) is 25.7 Å². The lowest BCUT2D eigenvalue weighted by Crippen LogP contribution is -2.47. The number of piperidine rings is 1. The summed E-state index contributed by atoms with van der Waals surface area (Å²) in [6.45, 7) is 2.44. The normalized spacial score (nSPS) is 18.4. The highest BCUT2D eigenvalue weighted by Gasteiger charge is 2.41. The Bertz CT molecular complexity index is 1030. The molecule has 3 aromatic rings. The highest BCUT2D eigenvalue weighted by atomic mass is 16.7. The van der Waals surface area contributed by atoms with Crippen molar-refractivity contribution in [1.82, 2.24) is 19.3 Å². The molecule has 2 saturated heterocycles. The topological polar surface area (TPSA) is 78.2 Å². The Hall–Kier alpha value is -2.97. The predicted molar refractivity (Wildman–Crippen MR) is 105 cm³/mol. The molecule has 0 atom stereocenters. The molecule has 8 heteroatoms. The van der Waals surface area contributed by atoms with Gasteiger partial charge in [0.15, 0.2) is 11.4 Å². The van der Waals surface area contributed by atoms with Crippen LogP contribution in [-0.4, -0.2) is 64.4 Å². The lowest BCUT2D eigenvalue weighted by molar-refractivity contribution is -0.181. The molecule has 0 saturated carbocycles. The van der Waals surface area contributed by atoms with Gasteiger partial charge in [0, 0.05) is 50.1 Å². The number of aromatic nitrogens is 3. The van der Waals surface area contributed by atoms with E-state index in [9.17, 15) is 4.79 Å². The van der Waals surface area contributed by atoms with Gasteiger partial charge in [0.25, 0.3) is 5.91 Å². The molecule has 2 aromatic heterocycles. The number of carbonyl (C=O) groups is 1. The van der Waals surface area contributed by atoms with Crippen LogP contribution in [0.1, 0.15) is 23.3 Å². The molecule has 2 aliphatic rings. The van der Waals surface area contributed by atoms with Gasteiger partial charge in [-0.3, -0.25) is 9.78 Å². The number of benzene rings is 1. The van der Waals surface area contributed by atoms with Crippen LogP contribution in [0.15, 0.2) is 42.9 Å². The van der Waals surface area contributed by atoms with E-state index in [4.69, 9.17) is 14.2 Å². The van der Waals surface area contributed by atoms with Crippen molar-refractivity contribution >= 4 is 11.6 Å². The third-order valence-electron chi connectivity index (χ3n) is 5.58. The zero-order valence-corrected chi connectivity index (χ0v) is 16.2. The van der Waals surface area contributed by atoms with Crippen LogP contribution in [0.2, 0.25) is 0 Å². The van der Waals surface area contributed by atoms with Crippen LogP contribution >= 0.6 is 0 Å². The standard InChI is InChI=1S/C21H22N4O4/c1-27-16-4-2-15(3-5-16)18-19-23-17(14-25(19)11-8-22-18)20(26)24-9-6-21(7-10-24)28-12-13-29-21/h2-5,8,11,14H,6-7,9-10,12-13H2,1H3. The van der Waals surface area contributed by atoms with Crippen molar-refractivity contribution in [2.24, 2.45) is 0 Å². The van der Waals surface area contributed by atoms with Crippen molar-refractivity contribution in [2.45, 2.75) is 18.6 Å². The average molecular weight is 394 g/mol. The summed E-state index contributed by atoms with van der Waals surface area (Å²) in [7, 11) is 1.63. The summed E-state index contributed by atoms with van der Waals surface area (Å²) in [5, 5.41) is 0. The molecule has 1 spiro atoms. The van der Waals surface area contributed by atoms with E-state index in [0.717, 1.165) is 17.0 Å². The zero-order chi connectivity index (χ0) is 19.8. The predicted octanol–water partition coefficient (Wildman–Crippen LogP) is 2.38. The molecule has 2 aliphatic heterocycles. The largest absolute Gasteiger partial charge is 0.497 e. The summed E-state index contributed by atoms with van der Waals surface area (Å²) in [6, 6.07) is 7.63. The molecule has 4 heterocycles. The maximum Gasteiger partial charge on any atom is 0.274 e. The van der Waals surface area contributed by atoms with Gasteiger partial charge < -0.3 is 23.5 Å². The fourth-order valence-corrected chi connectivity index (χ4v) is 3.97. The lowest BCUT2D eigenvalue weighted by Gasteiger charge is -2.37. The molecule has 0 bridgehead atoms. The van der Waals surface area contributed by atoms with Crippen molar-refractivity contribution in [3.8, 4) is 17.0 Å². The first-order valence-electron chi connectivity index (χ1n) is 9.73. The van der Waals surface area contributed by atoms with Crippen molar-refractivity contribution in [3.63, 3.8) is 0 Å². The molecule has 1 aromatic carbocycles. The van der Waals surface area contributed by atoms with E-state index >= 15 is 0 Å². The number of hydrogen-bond donors (Lipinski definition) is 0. The van der Waals surface area contributed by atoms with Gasteiger partial charge in [-0.15, -0.1) is 0 Å². The summed E-state index contributed by atoms with van der Waals surface area (Å²) in [5.41, 5.74) is 2.70. The Morgan fingerprint density at radius 1 is 1.14 bits per heavy atom. The fraction of sp³-hybridized carbons (Fsp3) is 0.381. The van der Waals surface area contributed by atoms with E-state index in [1.165, 1.54) is 0 Å². The maximum atomic E-state index is 13.0. The first-order valence-corrected chi connectivity index (χ1v) is 9.73. The Labute approximate surface area is 168 Å². The fourth-order valence-electron chi connectivity index (χ4n) is 3.97. The Balaban J connectivity index is 1.40. The second kappa shape index (κ2) is 7.13. The minimum absolute atomic E-state index is 0.0813. The SMILES string of the molecule is COc1ccc(-c2nccn3cc(C(=O)N4CCC5(CC4)OCCO5)nc23)cc1. The van der Waals surface area contributed by atoms with Crippen molar-refractivity contribution in [3.05, 3.63) is 48.5 Å². The smallest absolute Gasteiger partial charge is 0.274 e. The number of methoxy groups -OCH3 is 1. The number of amides is 1. The van der Waals surface area contributed by atoms with Crippen molar-refractivity contribution in [1.29, 1.82) is 0 Å². The van der Waals surface area contributed by atoms with Crippen molar-refractivity contribution in [2.75, 3.05) is 33.4 Å². The molecule has 150 valence electrons. The van der Waals surface area contributed by atoms with E-state index in [1.807, 2.05) is 33.6 Å². The van der Waals surface area contributed by atoms with Gasteiger partial charge in [-0.1, -0.05) is 0 Å². The molecule has 0 aliphatic carbocycles. The third-order valence-corrected chi connectivity index (χ3v) is 5.58. The van der Waals surface area contributed by atoms with Gasteiger partial charge >= 0.3 is 0 Å². The quantitative estimate of drug-likeness (QED) is 0.679. The molecular weight excluding hydrogens is 372 g/mol. The van der Waals surface area contributed by atoms with E-state index in [2.05, 4.69) is 9.97 Å². The monoisotopic (exact) mass is 394 g/mol. The van der Waals surface area contributed by atoms with E-state index in [-0.39, 0.29) is 5.91 Å². The second-order valence-electron chi connectivity index (χ2n) is 7.26. The van der Waals surface area contributed by atoms with Gasteiger partial charge in [-0.25, -0.2) is 4.98 Å². The molecule has 5 rings (SSSR count). The molecular formula is C21H22N4O4. The van der Waals surface area contributed by atoms with Crippen LogP contribution in [0.3, 0.4) is 0 Å². The highest BCUT2D eigenvalue weighted by molar-refractivity contribution is 5.93. The molecule has 1 amide bonds. The number of carbonyl (C=O) groups excluding carboxylic acids is 1. The second-order valence-corrected chi connectivity index (χ2v) is 7.26.